The molecule has 0 aromatic carbocycles. The Morgan fingerprint density at radius 3 is 2.00 bits per heavy atom. The number of carbonyl (C=O) groups is 1. The maximum atomic E-state index is 11.9. The number of rotatable bonds is 4. The van der Waals surface area contributed by atoms with Gasteiger partial charge in [0.05, 0.1) is 0 Å². The molecule has 0 saturated heterocycles. The topological polar surface area (TPSA) is 17.1 Å². The lowest BCUT2D eigenvalue weighted by atomic mass is 9.48. The van der Waals surface area contributed by atoms with E-state index in [1.807, 2.05) is 0 Å². The van der Waals surface area contributed by atoms with E-state index < -0.39 is 0 Å². The highest BCUT2D eigenvalue weighted by molar-refractivity contribution is 5.79. The predicted molar refractivity (Wildman–Crippen MR) is 65.1 cm³/mol. The van der Waals surface area contributed by atoms with Crippen LogP contribution in [0, 0.1) is 23.2 Å². The molecular weight excluding hydrogens is 196 g/mol. The number of ketones is 1. The van der Waals surface area contributed by atoms with Crippen molar-refractivity contribution in [1.29, 1.82) is 0 Å². The van der Waals surface area contributed by atoms with Crippen molar-refractivity contribution < 1.29 is 4.79 Å². The molecule has 0 aromatic rings. The molecule has 0 unspecified atom stereocenters. The summed E-state index contributed by atoms with van der Waals surface area (Å²) < 4.78 is 0. The monoisotopic (exact) mass is 220 g/mol. The number of carbonyl (C=O) groups excluding carboxylic acids is 1. The number of hydrogen-bond donors (Lipinski definition) is 0. The molecule has 4 fully saturated rings. The van der Waals surface area contributed by atoms with Crippen LogP contribution in [0.5, 0.6) is 0 Å². The van der Waals surface area contributed by atoms with Crippen molar-refractivity contribution in [2.45, 2.75) is 64.7 Å². The Balaban J connectivity index is 1.71. The molecule has 16 heavy (non-hydrogen) atoms. The third-order valence-corrected chi connectivity index (χ3v) is 5.27. The Kier molecular flexibility index (Phi) is 2.60. The van der Waals surface area contributed by atoms with Gasteiger partial charge in [-0.3, -0.25) is 4.79 Å². The van der Waals surface area contributed by atoms with Crippen LogP contribution in [0.15, 0.2) is 0 Å². The van der Waals surface area contributed by atoms with E-state index >= 15 is 0 Å². The van der Waals surface area contributed by atoms with E-state index in [1.165, 1.54) is 38.5 Å². The quantitative estimate of drug-likeness (QED) is 0.701. The van der Waals surface area contributed by atoms with Gasteiger partial charge in [-0.15, -0.1) is 0 Å². The van der Waals surface area contributed by atoms with Crippen LogP contribution in [0.1, 0.15) is 64.7 Å². The maximum absolute atomic E-state index is 11.9. The van der Waals surface area contributed by atoms with Crippen molar-refractivity contribution in [2.75, 3.05) is 0 Å². The van der Waals surface area contributed by atoms with Crippen LogP contribution in [0.25, 0.3) is 0 Å². The van der Waals surface area contributed by atoms with E-state index in [-0.39, 0.29) is 0 Å². The van der Waals surface area contributed by atoms with Gasteiger partial charge in [-0.2, -0.15) is 0 Å². The van der Waals surface area contributed by atoms with Gasteiger partial charge in [0.15, 0.2) is 0 Å². The lowest BCUT2D eigenvalue weighted by molar-refractivity contribution is -0.127. The summed E-state index contributed by atoms with van der Waals surface area (Å²) in [6, 6.07) is 0. The van der Waals surface area contributed by atoms with Gasteiger partial charge >= 0.3 is 0 Å². The number of Topliss-reactive ketones (excluding diaryl/α,β-unsaturated/α-hetero) is 1. The molecule has 4 rings (SSSR count). The summed E-state index contributed by atoms with van der Waals surface area (Å²) in [6.45, 7) is 2.12. The van der Waals surface area contributed by atoms with Crippen LogP contribution in [0.2, 0.25) is 0 Å². The Morgan fingerprint density at radius 1 is 1.06 bits per heavy atom. The van der Waals surface area contributed by atoms with Crippen molar-refractivity contribution in [3.63, 3.8) is 0 Å². The van der Waals surface area contributed by atoms with Crippen LogP contribution in [-0.4, -0.2) is 5.78 Å². The van der Waals surface area contributed by atoms with E-state index in [1.54, 1.807) is 0 Å². The van der Waals surface area contributed by atoms with Crippen molar-refractivity contribution >= 4 is 5.78 Å². The summed E-state index contributed by atoms with van der Waals surface area (Å²) in [5.41, 5.74) is 0.473. The molecule has 4 aliphatic rings. The van der Waals surface area contributed by atoms with E-state index in [9.17, 15) is 4.79 Å². The summed E-state index contributed by atoms with van der Waals surface area (Å²) in [5, 5.41) is 0. The summed E-state index contributed by atoms with van der Waals surface area (Å²) in [4.78, 5) is 11.9. The first-order chi connectivity index (χ1) is 7.69. The van der Waals surface area contributed by atoms with Crippen molar-refractivity contribution in [3.8, 4) is 0 Å². The van der Waals surface area contributed by atoms with Crippen molar-refractivity contribution in [2.24, 2.45) is 23.2 Å². The smallest absolute Gasteiger partial charge is 0.133 e. The lowest BCUT2D eigenvalue weighted by Crippen LogP contribution is -2.46. The molecule has 4 aliphatic carbocycles. The van der Waals surface area contributed by atoms with Gasteiger partial charge in [-0.05, 0) is 68.1 Å². The van der Waals surface area contributed by atoms with E-state index in [4.69, 9.17) is 0 Å². The Bertz CT molecular complexity index is 257. The van der Waals surface area contributed by atoms with Crippen LogP contribution in [0.4, 0.5) is 0 Å². The van der Waals surface area contributed by atoms with Gasteiger partial charge in [0.1, 0.15) is 5.78 Å². The molecule has 90 valence electrons. The molecule has 0 atom stereocenters. The fourth-order valence-corrected chi connectivity index (χ4v) is 5.29. The third-order valence-electron chi connectivity index (χ3n) is 5.27. The van der Waals surface area contributed by atoms with Gasteiger partial charge in [0.2, 0.25) is 0 Å². The molecule has 0 aromatic heterocycles. The van der Waals surface area contributed by atoms with E-state index in [0.717, 1.165) is 37.0 Å². The van der Waals surface area contributed by atoms with Crippen molar-refractivity contribution in [3.05, 3.63) is 0 Å². The van der Waals surface area contributed by atoms with Gasteiger partial charge in [0, 0.05) is 12.8 Å². The van der Waals surface area contributed by atoms with E-state index in [0.29, 0.717) is 11.2 Å². The molecule has 0 heterocycles. The highest BCUT2D eigenvalue weighted by Crippen LogP contribution is 2.61. The minimum atomic E-state index is 0.473. The first kappa shape index (κ1) is 10.8. The zero-order valence-corrected chi connectivity index (χ0v) is 10.5. The lowest BCUT2D eigenvalue weighted by Gasteiger charge is -2.56. The van der Waals surface area contributed by atoms with Crippen molar-refractivity contribution in [1.82, 2.24) is 0 Å². The maximum Gasteiger partial charge on any atom is 0.133 e. The summed E-state index contributed by atoms with van der Waals surface area (Å²) in [7, 11) is 0. The predicted octanol–water partition coefficient (Wildman–Crippen LogP) is 3.96. The molecule has 0 radical (unpaired) electrons. The molecule has 0 N–H and O–H groups in total. The Labute approximate surface area is 99.0 Å². The van der Waals surface area contributed by atoms with Crippen LogP contribution < -0.4 is 0 Å². The SMILES string of the molecule is CCCC(=O)CC12CC3CC(CC(C3)C1)C2. The summed E-state index contributed by atoms with van der Waals surface area (Å²) in [5.74, 6) is 3.51. The van der Waals surface area contributed by atoms with E-state index in [2.05, 4.69) is 6.92 Å². The minimum absolute atomic E-state index is 0.473. The third kappa shape index (κ3) is 1.83. The molecule has 0 aliphatic heterocycles. The van der Waals surface area contributed by atoms with Gasteiger partial charge in [-0.25, -0.2) is 0 Å². The fourth-order valence-electron chi connectivity index (χ4n) is 5.29. The molecule has 4 bridgehead atoms. The van der Waals surface area contributed by atoms with Gasteiger partial charge in [0.25, 0.3) is 0 Å². The molecule has 0 spiro atoms. The van der Waals surface area contributed by atoms with Gasteiger partial charge in [-0.1, -0.05) is 6.92 Å². The summed E-state index contributed by atoms with van der Waals surface area (Å²) >= 11 is 0. The highest BCUT2D eigenvalue weighted by Gasteiger charge is 2.51. The second-order valence-corrected chi connectivity index (χ2v) is 6.88. The molecule has 0 amide bonds. The highest BCUT2D eigenvalue weighted by atomic mass is 16.1. The standard InChI is InChI=1S/C15H24O/c1-2-3-14(16)10-15-7-11-4-12(8-15)6-13(5-11)9-15/h11-13H,2-10H2,1H3. The molecule has 1 heteroatoms. The molecular formula is C15H24O. The Morgan fingerprint density at radius 2 is 1.56 bits per heavy atom. The summed E-state index contributed by atoms with van der Waals surface area (Å²) in [6.07, 6.45) is 11.4. The first-order valence-corrected chi connectivity index (χ1v) is 7.21. The zero-order valence-electron chi connectivity index (χ0n) is 10.5. The van der Waals surface area contributed by atoms with Crippen LogP contribution >= 0.6 is 0 Å². The van der Waals surface area contributed by atoms with Gasteiger partial charge < -0.3 is 0 Å². The number of hydrogen-bond acceptors (Lipinski definition) is 1. The van der Waals surface area contributed by atoms with Crippen LogP contribution in [0.3, 0.4) is 0 Å². The molecule has 4 saturated carbocycles. The molecule has 1 nitrogen and oxygen atoms in total. The zero-order chi connectivity index (χ0) is 11.2. The Hall–Kier alpha value is -0.330. The second kappa shape index (κ2) is 3.85. The first-order valence-electron chi connectivity index (χ1n) is 7.21. The second-order valence-electron chi connectivity index (χ2n) is 6.88. The minimum Gasteiger partial charge on any atom is -0.300 e. The average Bonchev–Trinajstić information content (AvgIpc) is 2.13. The average molecular weight is 220 g/mol. The van der Waals surface area contributed by atoms with Crippen LogP contribution in [-0.2, 0) is 4.79 Å². The largest absolute Gasteiger partial charge is 0.300 e. The fraction of sp³-hybridized carbons (Fsp3) is 0.933. The normalized spacial score (nSPS) is 44.9.